The van der Waals surface area contributed by atoms with Crippen LogP contribution in [0.1, 0.15) is 34.7 Å². The van der Waals surface area contributed by atoms with E-state index in [4.69, 9.17) is 11.6 Å². The summed E-state index contributed by atoms with van der Waals surface area (Å²) in [5, 5.41) is 7.89. The van der Waals surface area contributed by atoms with Gasteiger partial charge in [-0.15, -0.1) is 10.2 Å². The van der Waals surface area contributed by atoms with Crippen molar-refractivity contribution in [2.45, 2.75) is 25.7 Å². The summed E-state index contributed by atoms with van der Waals surface area (Å²) in [6.45, 7) is 2.50. The number of fused-ring (bicyclic) bond motifs is 1. The van der Waals surface area contributed by atoms with E-state index in [1.54, 1.807) is 6.92 Å². The second-order valence-electron chi connectivity index (χ2n) is 6.74. The molecule has 1 atom stereocenters. The Bertz CT molecular complexity index is 1070. The lowest BCUT2D eigenvalue weighted by molar-refractivity contribution is -0.137. The van der Waals surface area contributed by atoms with Gasteiger partial charge in [0.1, 0.15) is 0 Å². The van der Waals surface area contributed by atoms with Crippen LogP contribution >= 0.6 is 11.6 Å². The molecule has 0 spiro atoms. The molecular formula is C20H16ClF3N4O. The van der Waals surface area contributed by atoms with E-state index in [-0.39, 0.29) is 5.56 Å². The number of amides is 1. The van der Waals surface area contributed by atoms with E-state index < -0.39 is 28.7 Å². The first-order valence-electron chi connectivity index (χ1n) is 8.94. The molecule has 2 heterocycles. The van der Waals surface area contributed by atoms with Gasteiger partial charge in [0, 0.05) is 18.7 Å². The lowest BCUT2D eigenvalue weighted by Crippen LogP contribution is -2.41. The van der Waals surface area contributed by atoms with Gasteiger partial charge in [-0.2, -0.15) is 13.2 Å². The predicted octanol–water partition coefficient (Wildman–Crippen LogP) is 4.83. The molecule has 0 fully saturated rings. The topological polar surface area (TPSA) is 51.0 Å². The van der Waals surface area contributed by atoms with Gasteiger partial charge in [0.2, 0.25) is 0 Å². The summed E-state index contributed by atoms with van der Waals surface area (Å²) >= 11 is 5.94. The molecule has 0 aliphatic carbocycles. The summed E-state index contributed by atoms with van der Waals surface area (Å²) in [6, 6.07) is 12.4. The van der Waals surface area contributed by atoms with Crippen molar-refractivity contribution in [1.29, 1.82) is 0 Å². The second-order valence-corrected chi connectivity index (χ2v) is 7.12. The molecule has 1 aliphatic rings. The van der Waals surface area contributed by atoms with Crippen molar-refractivity contribution in [1.82, 2.24) is 19.7 Å². The first-order valence-corrected chi connectivity index (χ1v) is 9.32. The zero-order chi connectivity index (χ0) is 20.8. The molecule has 0 saturated carbocycles. The highest BCUT2D eigenvalue weighted by Crippen LogP contribution is 2.37. The molecule has 150 valence electrons. The number of nitrogens with zero attached hydrogens (tertiary/aromatic N) is 4. The number of aromatic nitrogens is 3. The van der Waals surface area contributed by atoms with Gasteiger partial charge in [-0.05, 0) is 19.1 Å². The van der Waals surface area contributed by atoms with Gasteiger partial charge in [0.25, 0.3) is 5.91 Å². The average molecular weight is 421 g/mol. The molecule has 1 unspecified atom stereocenters. The molecule has 0 radical (unpaired) electrons. The van der Waals surface area contributed by atoms with Crippen LogP contribution in [-0.4, -0.2) is 32.1 Å². The fourth-order valence-corrected chi connectivity index (χ4v) is 3.85. The summed E-state index contributed by atoms with van der Waals surface area (Å²) in [5.41, 5.74) is -0.298. The molecule has 29 heavy (non-hydrogen) atoms. The highest BCUT2D eigenvalue weighted by atomic mass is 35.5. The summed E-state index contributed by atoms with van der Waals surface area (Å²) in [7, 11) is 0. The quantitative estimate of drug-likeness (QED) is 0.596. The molecule has 0 bridgehead atoms. The molecule has 5 nitrogen and oxygen atoms in total. The van der Waals surface area contributed by atoms with Crippen molar-refractivity contribution < 1.29 is 18.0 Å². The SMILES string of the molecule is CC1c2nnc(-c3ccccc3)n2CCN1C(=O)c1cccc(C(F)(F)F)c1Cl. The smallest absolute Gasteiger partial charge is 0.327 e. The monoisotopic (exact) mass is 420 g/mol. The molecule has 1 aromatic heterocycles. The number of hydrogen-bond acceptors (Lipinski definition) is 3. The van der Waals surface area contributed by atoms with E-state index in [1.807, 2.05) is 34.9 Å². The van der Waals surface area contributed by atoms with Crippen molar-refractivity contribution in [2.75, 3.05) is 6.54 Å². The van der Waals surface area contributed by atoms with Gasteiger partial charge in [-0.3, -0.25) is 4.79 Å². The number of carbonyl (C=O) groups is 1. The minimum absolute atomic E-state index is 0.176. The van der Waals surface area contributed by atoms with Crippen LogP contribution < -0.4 is 0 Å². The van der Waals surface area contributed by atoms with E-state index >= 15 is 0 Å². The predicted molar refractivity (Wildman–Crippen MR) is 101 cm³/mol. The number of alkyl halides is 3. The maximum atomic E-state index is 13.1. The molecule has 9 heteroatoms. The highest BCUT2D eigenvalue weighted by molar-refractivity contribution is 6.34. The summed E-state index contributed by atoms with van der Waals surface area (Å²) < 4.78 is 41.4. The van der Waals surface area contributed by atoms with Crippen LogP contribution in [0, 0.1) is 0 Å². The Balaban J connectivity index is 1.66. The number of halogens is 4. The Morgan fingerprint density at radius 3 is 2.48 bits per heavy atom. The molecule has 2 aromatic carbocycles. The Hall–Kier alpha value is -2.87. The number of hydrogen-bond donors (Lipinski definition) is 0. The fourth-order valence-electron chi connectivity index (χ4n) is 3.53. The summed E-state index contributed by atoms with van der Waals surface area (Å²) in [6.07, 6.45) is -4.63. The van der Waals surface area contributed by atoms with Crippen LogP contribution in [-0.2, 0) is 12.7 Å². The van der Waals surface area contributed by atoms with Gasteiger partial charge in [-0.1, -0.05) is 48.0 Å². The van der Waals surface area contributed by atoms with E-state index in [1.165, 1.54) is 17.0 Å². The Labute approximate surface area is 169 Å². The first kappa shape index (κ1) is 19.4. The van der Waals surface area contributed by atoms with Crippen LogP contribution in [0.25, 0.3) is 11.4 Å². The maximum absolute atomic E-state index is 13.1. The molecule has 0 N–H and O–H groups in total. The van der Waals surface area contributed by atoms with E-state index in [0.29, 0.717) is 24.7 Å². The number of benzene rings is 2. The van der Waals surface area contributed by atoms with Gasteiger partial charge in [0.05, 0.1) is 22.2 Å². The van der Waals surface area contributed by atoms with Gasteiger partial charge in [-0.25, -0.2) is 0 Å². The first-order chi connectivity index (χ1) is 13.8. The van der Waals surface area contributed by atoms with Gasteiger partial charge < -0.3 is 9.47 Å². The molecule has 0 saturated heterocycles. The Kier molecular flexibility index (Phi) is 4.82. The van der Waals surface area contributed by atoms with Crippen molar-refractivity contribution >= 4 is 17.5 Å². The average Bonchev–Trinajstić information content (AvgIpc) is 3.13. The van der Waals surface area contributed by atoms with E-state index in [0.717, 1.165) is 11.6 Å². The van der Waals surface area contributed by atoms with E-state index in [2.05, 4.69) is 10.2 Å². The molecule has 1 aliphatic heterocycles. The third-order valence-electron chi connectivity index (χ3n) is 5.01. The number of rotatable bonds is 2. The van der Waals surface area contributed by atoms with E-state index in [9.17, 15) is 18.0 Å². The third kappa shape index (κ3) is 3.37. The summed E-state index contributed by atoms with van der Waals surface area (Å²) in [4.78, 5) is 14.5. The van der Waals surface area contributed by atoms with Crippen LogP contribution in [0.3, 0.4) is 0 Å². The zero-order valence-corrected chi connectivity index (χ0v) is 16.1. The highest BCUT2D eigenvalue weighted by Gasteiger charge is 2.37. The largest absolute Gasteiger partial charge is 0.417 e. The fraction of sp³-hybridized carbons (Fsp3) is 0.250. The zero-order valence-electron chi connectivity index (χ0n) is 15.3. The lowest BCUT2D eigenvalue weighted by atomic mass is 10.1. The normalized spacial score (nSPS) is 16.6. The summed E-state index contributed by atoms with van der Waals surface area (Å²) in [5.74, 6) is 0.701. The second kappa shape index (κ2) is 7.18. The van der Waals surface area contributed by atoms with Crippen molar-refractivity contribution in [3.05, 3.63) is 70.5 Å². The maximum Gasteiger partial charge on any atom is 0.417 e. The van der Waals surface area contributed by atoms with Gasteiger partial charge >= 0.3 is 6.18 Å². The van der Waals surface area contributed by atoms with Crippen LogP contribution in [0.2, 0.25) is 5.02 Å². The Morgan fingerprint density at radius 2 is 1.79 bits per heavy atom. The van der Waals surface area contributed by atoms with Crippen LogP contribution in [0.5, 0.6) is 0 Å². The third-order valence-corrected chi connectivity index (χ3v) is 5.42. The molecular weight excluding hydrogens is 405 g/mol. The molecule has 4 rings (SSSR count). The lowest BCUT2D eigenvalue weighted by Gasteiger charge is -2.34. The Morgan fingerprint density at radius 1 is 1.07 bits per heavy atom. The van der Waals surface area contributed by atoms with Crippen LogP contribution in [0.4, 0.5) is 13.2 Å². The molecule has 3 aromatic rings. The van der Waals surface area contributed by atoms with Crippen LogP contribution in [0.15, 0.2) is 48.5 Å². The van der Waals surface area contributed by atoms with Crippen molar-refractivity contribution in [2.24, 2.45) is 0 Å². The van der Waals surface area contributed by atoms with Crippen molar-refractivity contribution in [3.63, 3.8) is 0 Å². The van der Waals surface area contributed by atoms with Gasteiger partial charge in [0.15, 0.2) is 11.6 Å². The van der Waals surface area contributed by atoms with Crippen molar-refractivity contribution in [3.8, 4) is 11.4 Å². The number of carbonyl (C=O) groups excluding carboxylic acids is 1. The minimum Gasteiger partial charge on any atom is -0.327 e. The minimum atomic E-state index is -4.63. The molecule has 1 amide bonds. The standard InChI is InChI=1S/C20H16ClF3N4O/c1-12-17-25-26-18(13-6-3-2-4-7-13)28(17)11-10-27(12)19(29)14-8-5-9-15(16(14)21)20(22,23)24/h2-9,12H,10-11H2,1H3.